The van der Waals surface area contributed by atoms with Gasteiger partial charge in [-0.2, -0.15) is 0 Å². The molecule has 2 N–H and O–H groups in total. The van der Waals surface area contributed by atoms with Crippen molar-refractivity contribution in [2.24, 2.45) is 0 Å². The fraction of sp³-hybridized carbons (Fsp3) is 0.235. The Hall–Kier alpha value is -2.08. The summed E-state index contributed by atoms with van der Waals surface area (Å²) < 4.78 is 7.60. The molecular weight excluding hydrogens is 316 g/mol. The number of nitrogens with one attached hydrogen (secondary N) is 1. The van der Waals surface area contributed by atoms with Gasteiger partial charge in [-0.1, -0.05) is 17.7 Å². The minimum atomic E-state index is -0.693. The molecule has 0 spiro atoms. The van der Waals surface area contributed by atoms with E-state index >= 15 is 0 Å². The summed E-state index contributed by atoms with van der Waals surface area (Å²) in [6, 6.07) is 10.3. The zero-order valence-electron chi connectivity index (χ0n) is 12.8. The molecule has 0 radical (unpaired) electrons. The fourth-order valence-corrected chi connectivity index (χ4v) is 3.00. The molecule has 1 aliphatic rings. The maximum Gasteiger partial charge on any atom is 0.255 e. The monoisotopic (exact) mass is 332 g/mol. The lowest BCUT2D eigenvalue weighted by Gasteiger charge is -2.37. The van der Waals surface area contributed by atoms with Gasteiger partial charge in [-0.15, -0.1) is 0 Å². The minimum absolute atomic E-state index is 0.162. The van der Waals surface area contributed by atoms with Gasteiger partial charge in [-0.3, -0.25) is 9.36 Å². The second kappa shape index (κ2) is 5.85. The van der Waals surface area contributed by atoms with Gasteiger partial charge in [0.1, 0.15) is 11.4 Å². The molecule has 0 saturated carbocycles. The maximum atomic E-state index is 12.3. The number of nitrogens with zero attached hydrogens (tertiary/aromatic N) is 1. The fourth-order valence-electron chi connectivity index (χ4n) is 2.82. The number of ether oxygens (including phenoxy) is 1. The lowest BCUT2D eigenvalue weighted by molar-refractivity contribution is 0.119. The normalized spacial score (nSPS) is 16.0. The molecule has 2 aromatic rings. The average Bonchev–Trinajstić information content (AvgIpc) is 2.50. The van der Waals surface area contributed by atoms with Crippen LogP contribution in [0, 0.1) is 0 Å². The Morgan fingerprint density at radius 3 is 2.78 bits per heavy atom. The van der Waals surface area contributed by atoms with Gasteiger partial charge >= 0.3 is 0 Å². The van der Waals surface area contributed by atoms with Gasteiger partial charge in [0, 0.05) is 35.0 Å². The summed E-state index contributed by atoms with van der Waals surface area (Å²) in [4.78, 5) is 12.3. The van der Waals surface area contributed by atoms with Crippen LogP contribution in [0.1, 0.15) is 19.4 Å². The van der Waals surface area contributed by atoms with Crippen LogP contribution in [0.3, 0.4) is 0 Å². The van der Waals surface area contributed by atoms with E-state index in [4.69, 9.17) is 16.3 Å². The third-order valence-electron chi connectivity index (χ3n) is 3.89. The third kappa shape index (κ3) is 2.79. The first kappa shape index (κ1) is 15.8. The molecule has 0 atom stereocenters. The molecule has 3 rings (SSSR count). The van der Waals surface area contributed by atoms with Gasteiger partial charge in [-0.05, 0) is 38.1 Å². The van der Waals surface area contributed by atoms with Crippen LogP contribution in [0.4, 0.5) is 0 Å². The van der Waals surface area contributed by atoms with Gasteiger partial charge < -0.3 is 9.94 Å². The molecule has 120 valence electrons. The first-order valence-corrected chi connectivity index (χ1v) is 7.59. The van der Waals surface area contributed by atoms with Crippen LogP contribution in [0.5, 0.6) is 5.75 Å². The highest BCUT2D eigenvalue weighted by Crippen LogP contribution is 2.41. The number of hydroxylamine groups is 1. The van der Waals surface area contributed by atoms with Gasteiger partial charge in [0.15, 0.2) is 0 Å². The Morgan fingerprint density at radius 2 is 2.09 bits per heavy atom. The quantitative estimate of drug-likeness (QED) is 0.848. The summed E-state index contributed by atoms with van der Waals surface area (Å²) in [6.45, 7) is 3.95. The number of hydrogen-bond donors (Lipinski definition) is 2. The van der Waals surface area contributed by atoms with Crippen LogP contribution < -0.4 is 15.8 Å². The van der Waals surface area contributed by atoms with Crippen molar-refractivity contribution in [2.45, 2.75) is 19.4 Å². The lowest BCUT2D eigenvalue weighted by Crippen LogP contribution is -2.40. The largest absolute Gasteiger partial charge is 0.483 e. The van der Waals surface area contributed by atoms with Crippen molar-refractivity contribution in [1.29, 1.82) is 0 Å². The maximum absolute atomic E-state index is 12.3. The third-order valence-corrected chi connectivity index (χ3v) is 4.13. The average molecular weight is 333 g/mol. The summed E-state index contributed by atoms with van der Waals surface area (Å²) in [5, 5.41) is 9.78. The van der Waals surface area contributed by atoms with E-state index in [1.165, 1.54) is 6.07 Å². The topological polar surface area (TPSA) is 63.5 Å². The number of rotatable bonds is 3. The Balaban J connectivity index is 2.38. The highest BCUT2D eigenvalue weighted by atomic mass is 35.5. The zero-order chi connectivity index (χ0) is 16.6. The molecule has 0 aliphatic carbocycles. The Kier molecular flexibility index (Phi) is 4.02. The van der Waals surface area contributed by atoms with Gasteiger partial charge in [-0.25, -0.2) is 5.48 Å². The number of aromatic nitrogens is 1. The van der Waals surface area contributed by atoms with Crippen LogP contribution in [-0.4, -0.2) is 21.9 Å². The van der Waals surface area contributed by atoms with Crippen LogP contribution >= 0.6 is 11.6 Å². The number of benzene rings is 1. The predicted octanol–water partition coefficient (Wildman–Crippen LogP) is 2.91. The molecule has 0 bridgehead atoms. The molecule has 6 heteroatoms. The van der Waals surface area contributed by atoms with E-state index in [1.807, 2.05) is 13.8 Å². The number of fused-ring (bicyclic) bond motifs is 1. The van der Waals surface area contributed by atoms with E-state index < -0.39 is 5.60 Å². The van der Waals surface area contributed by atoms with Gasteiger partial charge in [0.2, 0.25) is 0 Å². The van der Waals surface area contributed by atoms with E-state index in [-0.39, 0.29) is 12.1 Å². The van der Waals surface area contributed by atoms with Crippen molar-refractivity contribution >= 4 is 17.3 Å². The second-order valence-corrected chi connectivity index (χ2v) is 6.26. The summed E-state index contributed by atoms with van der Waals surface area (Å²) in [6.07, 6.45) is 1.70. The van der Waals surface area contributed by atoms with E-state index in [0.717, 1.165) is 11.1 Å². The summed E-state index contributed by atoms with van der Waals surface area (Å²) in [5.74, 6) is 0.645. The molecule has 0 unspecified atom stereocenters. The minimum Gasteiger partial charge on any atom is -0.483 e. The van der Waals surface area contributed by atoms with Crippen molar-refractivity contribution in [1.82, 2.24) is 10.0 Å². The highest BCUT2D eigenvalue weighted by Gasteiger charge is 2.35. The van der Waals surface area contributed by atoms with Crippen LogP contribution in [0.25, 0.3) is 5.70 Å². The molecule has 1 aromatic heterocycles. The molecule has 0 fully saturated rings. The molecule has 23 heavy (non-hydrogen) atoms. The van der Waals surface area contributed by atoms with Crippen LogP contribution in [0.15, 0.2) is 53.0 Å². The zero-order valence-corrected chi connectivity index (χ0v) is 13.6. The van der Waals surface area contributed by atoms with Crippen molar-refractivity contribution in [2.75, 3.05) is 6.54 Å². The van der Waals surface area contributed by atoms with Crippen LogP contribution in [0.2, 0.25) is 5.02 Å². The summed E-state index contributed by atoms with van der Waals surface area (Å²) >= 11 is 6.13. The first-order chi connectivity index (χ1) is 10.9. The summed E-state index contributed by atoms with van der Waals surface area (Å²) in [7, 11) is 0. The second-order valence-electron chi connectivity index (χ2n) is 5.82. The van der Waals surface area contributed by atoms with Crippen molar-refractivity contribution < 1.29 is 9.94 Å². The Bertz CT molecular complexity index is 840. The molecule has 0 saturated heterocycles. The van der Waals surface area contributed by atoms with Crippen molar-refractivity contribution in [3.63, 3.8) is 0 Å². The van der Waals surface area contributed by atoms with E-state index in [1.54, 1.807) is 41.1 Å². The predicted molar refractivity (Wildman–Crippen MR) is 89.0 cm³/mol. The molecule has 1 aromatic carbocycles. The number of hydrogen-bond acceptors (Lipinski definition) is 4. The molecule has 0 amide bonds. The number of pyridine rings is 1. The van der Waals surface area contributed by atoms with E-state index in [2.05, 4.69) is 5.48 Å². The Labute approximate surface area is 138 Å². The van der Waals surface area contributed by atoms with E-state index in [0.29, 0.717) is 16.5 Å². The highest BCUT2D eigenvalue weighted by molar-refractivity contribution is 6.30. The van der Waals surface area contributed by atoms with Gasteiger partial charge in [0.05, 0.1) is 5.70 Å². The SMILES string of the molecule is CC1(C)Oc2ccc(Cl)cc2C(n2ccccc2=O)=C1CNO. The molecule has 1 aliphatic heterocycles. The smallest absolute Gasteiger partial charge is 0.255 e. The van der Waals surface area contributed by atoms with Gasteiger partial charge in [0.25, 0.3) is 5.56 Å². The number of halogens is 1. The van der Waals surface area contributed by atoms with Crippen molar-refractivity contribution in [3.8, 4) is 5.75 Å². The van der Waals surface area contributed by atoms with Crippen LogP contribution in [-0.2, 0) is 0 Å². The Morgan fingerprint density at radius 1 is 1.30 bits per heavy atom. The van der Waals surface area contributed by atoms with Crippen molar-refractivity contribution in [3.05, 3.63) is 69.1 Å². The standard InChI is InChI=1S/C17H17ClN2O3/c1-17(2)13(10-19-22)16(20-8-4-3-5-15(20)21)12-9-11(18)6-7-14(12)23-17/h3-9,19,22H,10H2,1-2H3. The molecule has 5 nitrogen and oxygen atoms in total. The lowest BCUT2D eigenvalue weighted by atomic mass is 9.89. The molecular formula is C17H17ClN2O3. The summed E-state index contributed by atoms with van der Waals surface area (Å²) in [5.41, 5.74) is 3.46. The first-order valence-electron chi connectivity index (χ1n) is 7.21. The molecule has 2 heterocycles. The van der Waals surface area contributed by atoms with E-state index in [9.17, 15) is 10.0 Å².